The van der Waals surface area contributed by atoms with Crippen molar-refractivity contribution < 1.29 is 9.53 Å². The Hall–Kier alpha value is -0.720. The van der Waals surface area contributed by atoms with Gasteiger partial charge in [-0.2, -0.15) is 0 Å². The Kier molecular flexibility index (Phi) is 4.09. The van der Waals surface area contributed by atoms with Crippen LogP contribution in [0.3, 0.4) is 0 Å². The van der Waals surface area contributed by atoms with Gasteiger partial charge in [-0.3, -0.25) is 4.79 Å². The van der Waals surface area contributed by atoms with E-state index >= 15 is 0 Å². The lowest BCUT2D eigenvalue weighted by molar-refractivity contribution is 0.0905. The minimum absolute atomic E-state index is 0.251. The highest BCUT2D eigenvalue weighted by molar-refractivity contribution is 7.17. The maximum Gasteiger partial charge on any atom is 0.282 e. The summed E-state index contributed by atoms with van der Waals surface area (Å²) in [5.74, 6) is 0.497. The summed E-state index contributed by atoms with van der Waals surface area (Å²) in [4.78, 5) is 11.4. The molecule has 0 unspecified atom stereocenters. The van der Waals surface area contributed by atoms with Crippen LogP contribution < -0.4 is 5.32 Å². The van der Waals surface area contributed by atoms with Crippen molar-refractivity contribution in [1.82, 2.24) is 15.5 Å². The molecule has 16 heavy (non-hydrogen) atoms. The van der Waals surface area contributed by atoms with Crippen LogP contribution in [-0.2, 0) is 4.74 Å². The monoisotopic (exact) mass is 261 g/mol. The lowest BCUT2D eigenvalue weighted by Crippen LogP contribution is -2.27. The average molecular weight is 262 g/mol. The second-order valence-electron chi connectivity index (χ2n) is 3.63. The van der Waals surface area contributed by atoms with Gasteiger partial charge in [0, 0.05) is 13.2 Å². The van der Waals surface area contributed by atoms with Crippen LogP contribution in [0.1, 0.15) is 22.6 Å². The molecule has 0 saturated heterocycles. The number of carbonyl (C=O) groups is 1. The third kappa shape index (κ3) is 3.70. The summed E-state index contributed by atoms with van der Waals surface area (Å²) in [6, 6.07) is 0. The van der Waals surface area contributed by atoms with Crippen molar-refractivity contribution in [2.75, 3.05) is 19.8 Å². The van der Waals surface area contributed by atoms with Crippen LogP contribution >= 0.6 is 22.9 Å². The van der Waals surface area contributed by atoms with Crippen LogP contribution in [0.4, 0.5) is 0 Å². The standard InChI is InChI=1S/C9H12ClN3O2S/c10-9-13-12-8(16-9)7(14)11-3-4-15-5-6-1-2-6/h6H,1-5H2,(H,11,14). The molecule has 1 N–H and O–H groups in total. The molecule has 0 atom stereocenters. The van der Waals surface area contributed by atoms with E-state index in [0.717, 1.165) is 23.9 Å². The lowest BCUT2D eigenvalue weighted by Gasteiger charge is -2.03. The Morgan fingerprint density at radius 2 is 2.38 bits per heavy atom. The summed E-state index contributed by atoms with van der Waals surface area (Å²) in [5, 5.41) is 10.2. The molecular formula is C9H12ClN3O2S. The SMILES string of the molecule is O=C(NCCOCC1CC1)c1nnc(Cl)s1. The van der Waals surface area contributed by atoms with Crippen molar-refractivity contribution in [1.29, 1.82) is 0 Å². The summed E-state index contributed by atoms with van der Waals surface area (Å²) in [7, 11) is 0. The summed E-state index contributed by atoms with van der Waals surface area (Å²) in [6.07, 6.45) is 2.55. The first-order valence-electron chi connectivity index (χ1n) is 5.10. The van der Waals surface area contributed by atoms with Crippen molar-refractivity contribution in [3.8, 4) is 0 Å². The van der Waals surface area contributed by atoms with E-state index in [-0.39, 0.29) is 15.4 Å². The molecule has 5 nitrogen and oxygen atoms in total. The minimum Gasteiger partial charge on any atom is -0.379 e. The molecule has 1 aliphatic carbocycles. The van der Waals surface area contributed by atoms with E-state index in [1.165, 1.54) is 12.8 Å². The fraction of sp³-hybridized carbons (Fsp3) is 0.667. The lowest BCUT2D eigenvalue weighted by atomic mass is 10.5. The van der Waals surface area contributed by atoms with Gasteiger partial charge in [-0.15, -0.1) is 10.2 Å². The van der Waals surface area contributed by atoms with Crippen LogP contribution in [0, 0.1) is 5.92 Å². The van der Waals surface area contributed by atoms with E-state index in [9.17, 15) is 4.79 Å². The summed E-state index contributed by atoms with van der Waals surface area (Å²) >= 11 is 6.64. The van der Waals surface area contributed by atoms with Gasteiger partial charge in [-0.1, -0.05) is 11.3 Å². The number of carbonyl (C=O) groups excluding carboxylic acids is 1. The maximum absolute atomic E-state index is 11.4. The Morgan fingerprint density at radius 1 is 1.56 bits per heavy atom. The molecular weight excluding hydrogens is 250 g/mol. The van der Waals surface area contributed by atoms with Gasteiger partial charge >= 0.3 is 0 Å². The van der Waals surface area contributed by atoms with Gasteiger partial charge in [0.05, 0.1) is 6.61 Å². The first-order chi connectivity index (χ1) is 7.75. The highest BCUT2D eigenvalue weighted by Gasteiger charge is 2.20. The first-order valence-corrected chi connectivity index (χ1v) is 6.30. The second-order valence-corrected chi connectivity index (χ2v) is 5.19. The van der Waals surface area contributed by atoms with Gasteiger partial charge in [0.1, 0.15) is 0 Å². The van der Waals surface area contributed by atoms with Crippen LogP contribution in [-0.4, -0.2) is 35.9 Å². The van der Waals surface area contributed by atoms with E-state index in [2.05, 4.69) is 15.5 Å². The molecule has 7 heteroatoms. The number of hydrogen-bond donors (Lipinski definition) is 1. The topological polar surface area (TPSA) is 64.1 Å². The van der Waals surface area contributed by atoms with Gasteiger partial charge in [-0.25, -0.2) is 0 Å². The number of hydrogen-bond acceptors (Lipinski definition) is 5. The van der Waals surface area contributed by atoms with Gasteiger partial charge in [0.25, 0.3) is 5.91 Å². The van der Waals surface area contributed by atoms with E-state index in [4.69, 9.17) is 16.3 Å². The molecule has 1 fully saturated rings. The highest BCUT2D eigenvalue weighted by atomic mass is 35.5. The Labute approximate surface area is 102 Å². The van der Waals surface area contributed by atoms with Crippen LogP contribution in [0.25, 0.3) is 0 Å². The quantitative estimate of drug-likeness (QED) is 0.785. The summed E-state index contributed by atoms with van der Waals surface area (Å²) in [5.41, 5.74) is 0. The molecule has 0 spiro atoms. The second kappa shape index (κ2) is 5.56. The smallest absolute Gasteiger partial charge is 0.282 e. The molecule has 1 heterocycles. The Balaban J connectivity index is 1.59. The summed E-state index contributed by atoms with van der Waals surface area (Å²) in [6.45, 7) is 1.83. The molecule has 0 aliphatic heterocycles. The van der Waals surface area contributed by atoms with Crippen LogP contribution in [0.5, 0.6) is 0 Å². The van der Waals surface area contributed by atoms with Gasteiger partial charge < -0.3 is 10.1 Å². The van der Waals surface area contributed by atoms with Gasteiger partial charge in [0.2, 0.25) is 9.47 Å². The fourth-order valence-corrected chi connectivity index (χ4v) is 1.89. The molecule has 88 valence electrons. The third-order valence-corrected chi connectivity index (χ3v) is 3.19. The van der Waals surface area contributed by atoms with Crippen LogP contribution in [0.15, 0.2) is 0 Å². The maximum atomic E-state index is 11.4. The molecule has 1 saturated carbocycles. The van der Waals surface area contributed by atoms with Gasteiger partial charge in [-0.05, 0) is 30.4 Å². The zero-order valence-electron chi connectivity index (χ0n) is 8.61. The zero-order chi connectivity index (χ0) is 11.4. The number of halogens is 1. The normalized spacial score (nSPS) is 15.1. The van der Waals surface area contributed by atoms with Crippen molar-refractivity contribution in [3.63, 3.8) is 0 Å². The average Bonchev–Trinajstić information content (AvgIpc) is 2.99. The van der Waals surface area contributed by atoms with Gasteiger partial charge in [0.15, 0.2) is 0 Å². The third-order valence-electron chi connectivity index (χ3n) is 2.18. The molecule has 1 aromatic rings. The molecule has 1 aliphatic rings. The van der Waals surface area contributed by atoms with Crippen molar-refractivity contribution in [2.24, 2.45) is 5.92 Å². The molecule has 0 radical (unpaired) electrons. The van der Waals surface area contributed by atoms with E-state index in [1.54, 1.807) is 0 Å². The van der Waals surface area contributed by atoms with Crippen molar-refractivity contribution >= 4 is 28.8 Å². The zero-order valence-corrected chi connectivity index (χ0v) is 10.2. The predicted octanol–water partition coefficient (Wildman–Crippen LogP) is 1.35. The largest absolute Gasteiger partial charge is 0.379 e. The molecule has 0 bridgehead atoms. The Morgan fingerprint density at radius 3 is 3.00 bits per heavy atom. The number of rotatable bonds is 6. The fourth-order valence-electron chi connectivity index (χ4n) is 1.14. The number of aromatic nitrogens is 2. The number of ether oxygens (including phenoxy) is 1. The number of amides is 1. The minimum atomic E-state index is -0.251. The number of nitrogens with one attached hydrogen (secondary N) is 1. The van der Waals surface area contributed by atoms with Crippen molar-refractivity contribution in [2.45, 2.75) is 12.8 Å². The van der Waals surface area contributed by atoms with Crippen molar-refractivity contribution in [3.05, 3.63) is 9.47 Å². The Bertz CT molecular complexity index is 367. The summed E-state index contributed by atoms with van der Waals surface area (Å²) < 4.78 is 5.65. The highest BCUT2D eigenvalue weighted by Crippen LogP contribution is 2.28. The van der Waals surface area contributed by atoms with Crippen LogP contribution in [0.2, 0.25) is 4.47 Å². The van der Waals surface area contributed by atoms with E-state index in [0.29, 0.717) is 13.2 Å². The molecule has 0 aromatic carbocycles. The molecule has 2 rings (SSSR count). The first kappa shape index (κ1) is 11.8. The van der Waals surface area contributed by atoms with E-state index in [1.807, 2.05) is 0 Å². The molecule has 1 amide bonds. The van der Waals surface area contributed by atoms with E-state index < -0.39 is 0 Å². The predicted molar refractivity (Wildman–Crippen MR) is 60.8 cm³/mol. The number of nitrogens with zero attached hydrogens (tertiary/aromatic N) is 2. The molecule has 1 aromatic heterocycles.